The van der Waals surface area contributed by atoms with Crippen molar-refractivity contribution in [3.8, 4) is 0 Å². The van der Waals surface area contributed by atoms with E-state index >= 15 is 0 Å². The number of amides is 1. The van der Waals surface area contributed by atoms with Crippen molar-refractivity contribution in [2.24, 2.45) is 5.14 Å². The molecule has 22 heavy (non-hydrogen) atoms. The average Bonchev–Trinajstić information content (AvgIpc) is 2.47. The molecule has 0 bridgehead atoms. The van der Waals surface area contributed by atoms with Crippen molar-refractivity contribution in [2.75, 3.05) is 44.6 Å². The molecule has 1 aromatic carbocycles. The van der Waals surface area contributed by atoms with Crippen LogP contribution in [0, 0.1) is 0 Å². The summed E-state index contributed by atoms with van der Waals surface area (Å²) in [5.41, 5.74) is 0.434. The first kappa shape index (κ1) is 16.9. The van der Waals surface area contributed by atoms with Crippen LogP contribution in [0.5, 0.6) is 0 Å². The molecule has 1 saturated heterocycles. The number of benzene rings is 1. The molecule has 0 radical (unpaired) electrons. The molecule has 8 heteroatoms. The molecule has 1 heterocycles. The summed E-state index contributed by atoms with van der Waals surface area (Å²) >= 11 is 0. The molecule has 0 spiro atoms. The van der Waals surface area contributed by atoms with Crippen LogP contribution in [-0.4, -0.2) is 63.4 Å². The number of rotatable bonds is 5. The number of nitrogens with one attached hydrogen (secondary N) is 1. The number of sulfonamides is 1. The van der Waals surface area contributed by atoms with Gasteiger partial charge in [-0.1, -0.05) is 13.0 Å². The molecule has 2 rings (SSSR count). The van der Waals surface area contributed by atoms with Gasteiger partial charge in [-0.15, -0.1) is 0 Å². The number of piperazine rings is 1. The van der Waals surface area contributed by atoms with Crippen LogP contribution in [-0.2, 0) is 14.8 Å². The quantitative estimate of drug-likeness (QED) is 0.788. The second kappa shape index (κ2) is 7.19. The van der Waals surface area contributed by atoms with Gasteiger partial charge in [-0.05, 0) is 24.7 Å². The van der Waals surface area contributed by atoms with Crippen LogP contribution in [0.4, 0.5) is 5.69 Å². The van der Waals surface area contributed by atoms with Crippen molar-refractivity contribution >= 4 is 21.6 Å². The molecule has 1 amide bonds. The van der Waals surface area contributed by atoms with Crippen LogP contribution in [0.1, 0.15) is 6.92 Å². The second-order valence-corrected chi connectivity index (χ2v) is 6.89. The molecule has 0 saturated carbocycles. The minimum atomic E-state index is -3.76. The predicted molar refractivity (Wildman–Crippen MR) is 85.0 cm³/mol. The summed E-state index contributed by atoms with van der Waals surface area (Å²) in [5, 5.41) is 7.79. The Morgan fingerprint density at radius 1 is 1.23 bits per heavy atom. The Hall–Kier alpha value is -1.48. The SMILES string of the molecule is CCN1CCN(CC(=O)Nc2cccc(S(N)(=O)=O)c2)CC1. The van der Waals surface area contributed by atoms with Crippen LogP contribution in [0.25, 0.3) is 0 Å². The summed E-state index contributed by atoms with van der Waals surface area (Å²) in [6.07, 6.45) is 0. The molecule has 122 valence electrons. The van der Waals surface area contributed by atoms with Crippen LogP contribution >= 0.6 is 0 Å². The van der Waals surface area contributed by atoms with Gasteiger partial charge in [-0.3, -0.25) is 9.69 Å². The predicted octanol–water partition coefficient (Wildman–Crippen LogP) is -0.0900. The lowest BCUT2D eigenvalue weighted by atomic mass is 10.3. The maximum Gasteiger partial charge on any atom is 0.238 e. The van der Waals surface area contributed by atoms with Crippen LogP contribution in [0.15, 0.2) is 29.2 Å². The Labute approximate surface area is 131 Å². The third-order valence-corrected chi connectivity index (χ3v) is 4.64. The third kappa shape index (κ3) is 4.77. The van der Waals surface area contributed by atoms with Gasteiger partial charge in [0.1, 0.15) is 0 Å². The lowest BCUT2D eigenvalue weighted by Gasteiger charge is -2.33. The highest BCUT2D eigenvalue weighted by atomic mass is 32.2. The molecule has 0 unspecified atom stereocenters. The monoisotopic (exact) mass is 326 g/mol. The molecule has 0 aromatic heterocycles. The first-order chi connectivity index (χ1) is 10.4. The lowest BCUT2D eigenvalue weighted by molar-refractivity contribution is -0.117. The fourth-order valence-electron chi connectivity index (χ4n) is 2.42. The van der Waals surface area contributed by atoms with E-state index < -0.39 is 10.0 Å². The van der Waals surface area contributed by atoms with E-state index in [0.717, 1.165) is 32.7 Å². The highest BCUT2D eigenvalue weighted by Gasteiger charge is 2.18. The zero-order valence-electron chi connectivity index (χ0n) is 12.7. The molecule has 7 nitrogen and oxygen atoms in total. The number of carbonyl (C=O) groups is 1. The molecule has 0 aliphatic carbocycles. The zero-order chi connectivity index (χ0) is 16.2. The number of carbonyl (C=O) groups excluding carboxylic acids is 1. The average molecular weight is 326 g/mol. The van der Waals surface area contributed by atoms with E-state index in [1.54, 1.807) is 12.1 Å². The Bertz CT molecular complexity index is 625. The molecule has 0 atom stereocenters. The maximum atomic E-state index is 12.0. The Morgan fingerprint density at radius 2 is 1.86 bits per heavy atom. The van der Waals surface area contributed by atoms with Crippen LogP contribution in [0.3, 0.4) is 0 Å². The standard InChI is InChI=1S/C14H22N4O3S/c1-2-17-6-8-18(9-7-17)11-14(19)16-12-4-3-5-13(10-12)22(15,20)21/h3-5,10H,2,6-9,11H2,1H3,(H,16,19)(H2,15,20,21). The Balaban J connectivity index is 1.90. The Morgan fingerprint density at radius 3 is 2.45 bits per heavy atom. The minimum absolute atomic E-state index is 0.0122. The van der Waals surface area contributed by atoms with Crippen LogP contribution in [0.2, 0.25) is 0 Å². The molecular weight excluding hydrogens is 304 g/mol. The van der Waals surface area contributed by atoms with Gasteiger partial charge in [0.25, 0.3) is 0 Å². The molecule has 1 aliphatic rings. The number of anilines is 1. The number of hydrogen-bond donors (Lipinski definition) is 2. The maximum absolute atomic E-state index is 12.0. The molecule has 1 aliphatic heterocycles. The minimum Gasteiger partial charge on any atom is -0.325 e. The number of hydrogen-bond acceptors (Lipinski definition) is 5. The summed E-state index contributed by atoms with van der Waals surface area (Å²) in [5.74, 6) is -0.156. The van der Waals surface area contributed by atoms with Gasteiger partial charge < -0.3 is 10.2 Å². The molecule has 3 N–H and O–H groups in total. The normalized spacial score (nSPS) is 17.4. The Kier molecular flexibility index (Phi) is 5.52. The van der Waals surface area contributed by atoms with E-state index in [2.05, 4.69) is 22.0 Å². The van der Waals surface area contributed by atoms with E-state index in [-0.39, 0.29) is 10.8 Å². The highest BCUT2D eigenvalue weighted by Crippen LogP contribution is 2.14. The largest absolute Gasteiger partial charge is 0.325 e. The summed E-state index contributed by atoms with van der Waals surface area (Å²) in [6, 6.07) is 5.95. The second-order valence-electron chi connectivity index (χ2n) is 5.33. The van der Waals surface area contributed by atoms with Crippen molar-refractivity contribution in [3.63, 3.8) is 0 Å². The number of likely N-dealkylation sites (N-methyl/N-ethyl adjacent to an activating group) is 1. The van der Waals surface area contributed by atoms with E-state index in [1.807, 2.05) is 0 Å². The summed E-state index contributed by atoms with van der Waals surface area (Å²) in [4.78, 5) is 16.5. The van der Waals surface area contributed by atoms with Crippen molar-refractivity contribution in [1.82, 2.24) is 9.80 Å². The summed E-state index contributed by atoms with van der Waals surface area (Å²) < 4.78 is 22.6. The number of primary sulfonamides is 1. The molecule has 1 aromatic rings. The summed E-state index contributed by atoms with van der Waals surface area (Å²) in [6.45, 7) is 7.10. The topological polar surface area (TPSA) is 95.7 Å². The first-order valence-corrected chi connectivity index (χ1v) is 8.80. The van der Waals surface area contributed by atoms with Gasteiger partial charge in [0.15, 0.2) is 0 Å². The smallest absolute Gasteiger partial charge is 0.238 e. The van der Waals surface area contributed by atoms with Crippen molar-refractivity contribution in [2.45, 2.75) is 11.8 Å². The van der Waals surface area contributed by atoms with Crippen molar-refractivity contribution < 1.29 is 13.2 Å². The van der Waals surface area contributed by atoms with Gasteiger partial charge >= 0.3 is 0 Å². The molecular formula is C14H22N4O3S. The highest BCUT2D eigenvalue weighted by molar-refractivity contribution is 7.89. The fourth-order valence-corrected chi connectivity index (χ4v) is 2.98. The molecule has 1 fully saturated rings. The third-order valence-electron chi connectivity index (χ3n) is 3.73. The van der Waals surface area contributed by atoms with Crippen LogP contribution < -0.4 is 10.5 Å². The number of nitrogens with two attached hydrogens (primary N) is 1. The van der Waals surface area contributed by atoms with E-state index in [4.69, 9.17) is 5.14 Å². The fraction of sp³-hybridized carbons (Fsp3) is 0.500. The lowest BCUT2D eigenvalue weighted by Crippen LogP contribution is -2.48. The first-order valence-electron chi connectivity index (χ1n) is 7.26. The van der Waals surface area contributed by atoms with Crippen molar-refractivity contribution in [3.05, 3.63) is 24.3 Å². The summed E-state index contributed by atoms with van der Waals surface area (Å²) in [7, 11) is -3.76. The van der Waals surface area contributed by atoms with Gasteiger partial charge in [0.2, 0.25) is 15.9 Å². The van der Waals surface area contributed by atoms with E-state index in [9.17, 15) is 13.2 Å². The van der Waals surface area contributed by atoms with E-state index in [1.165, 1.54) is 12.1 Å². The van der Waals surface area contributed by atoms with Gasteiger partial charge in [0, 0.05) is 31.9 Å². The number of nitrogens with zero attached hydrogens (tertiary/aromatic N) is 2. The van der Waals surface area contributed by atoms with E-state index in [0.29, 0.717) is 12.2 Å². The van der Waals surface area contributed by atoms with Crippen molar-refractivity contribution in [1.29, 1.82) is 0 Å². The zero-order valence-corrected chi connectivity index (χ0v) is 13.5. The van der Waals surface area contributed by atoms with Gasteiger partial charge in [-0.2, -0.15) is 0 Å². The van der Waals surface area contributed by atoms with Gasteiger partial charge in [0.05, 0.1) is 11.4 Å². The van der Waals surface area contributed by atoms with Gasteiger partial charge in [-0.25, -0.2) is 13.6 Å².